The lowest BCUT2D eigenvalue weighted by Gasteiger charge is -2.35. The van der Waals surface area contributed by atoms with Gasteiger partial charge in [0.2, 0.25) is 5.88 Å². The highest BCUT2D eigenvalue weighted by atomic mass is 19.1. The van der Waals surface area contributed by atoms with Crippen LogP contribution >= 0.6 is 0 Å². The number of nitrogens with zero attached hydrogens (tertiary/aromatic N) is 4. The Bertz CT molecular complexity index is 989. The Morgan fingerprint density at radius 1 is 0.967 bits per heavy atom. The van der Waals surface area contributed by atoms with Crippen LogP contribution in [0.4, 0.5) is 10.2 Å². The molecule has 1 aliphatic rings. The first-order valence-corrected chi connectivity index (χ1v) is 9.97. The second-order valence-electron chi connectivity index (χ2n) is 7.34. The van der Waals surface area contributed by atoms with Crippen LogP contribution in [-0.4, -0.2) is 48.2 Å². The molecule has 0 atom stereocenters. The van der Waals surface area contributed by atoms with E-state index in [4.69, 9.17) is 9.47 Å². The van der Waals surface area contributed by atoms with Gasteiger partial charge >= 0.3 is 0 Å². The average Bonchev–Trinajstić information content (AvgIpc) is 2.77. The zero-order valence-electron chi connectivity index (χ0n) is 17.2. The molecular formula is C23H25FN4O2. The predicted molar refractivity (Wildman–Crippen MR) is 114 cm³/mol. The minimum Gasteiger partial charge on any atom is -0.497 e. The normalized spacial score (nSPS) is 14.6. The molecule has 6 nitrogen and oxygen atoms in total. The number of piperazine rings is 1. The molecule has 7 heteroatoms. The molecule has 30 heavy (non-hydrogen) atoms. The zero-order valence-corrected chi connectivity index (χ0v) is 17.2. The second kappa shape index (κ2) is 9.09. The fraction of sp³-hybridized carbons (Fsp3) is 0.304. The SMILES string of the molecule is COc1ccc(CN2CCN(c3cc(Oc4ccc(F)cc4C)ncn3)CC2)cc1. The Morgan fingerprint density at radius 3 is 2.43 bits per heavy atom. The molecule has 0 unspecified atom stereocenters. The Labute approximate surface area is 175 Å². The van der Waals surface area contributed by atoms with Crippen LogP contribution in [0.3, 0.4) is 0 Å². The molecule has 1 aliphatic heterocycles. The van der Waals surface area contributed by atoms with Gasteiger partial charge in [-0.2, -0.15) is 0 Å². The maximum Gasteiger partial charge on any atom is 0.224 e. The van der Waals surface area contributed by atoms with Crippen molar-refractivity contribution in [3.05, 3.63) is 71.8 Å². The van der Waals surface area contributed by atoms with Crippen LogP contribution < -0.4 is 14.4 Å². The van der Waals surface area contributed by atoms with E-state index >= 15 is 0 Å². The molecule has 4 rings (SSSR count). The predicted octanol–water partition coefficient (Wildman–Crippen LogP) is 4.05. The summed E-state index contributed by atoms with van der Waals surface area (Å²) in [6, 6.07) is 14.5. The summed E-state index contributed by atoms with van der Waals surface area (Å²) in [4.78, 5) is 13.3. The first-order valence-electron chi connectivity index (χ1n) is 9.97. The van der Waals surface area contributed by atoms with Gasteiger partial charge in [-0.1, -0.05) is 12.1 Å². The molecule has 2 heterocycles. The van der Waals surface area contributed by atoms with E-state index in [0.29, 0.717) is 11.6 Å². The molecule has 0 N–H and O–H groups in total. The van der Waals surface area contributed by atoms with Gasteiger partial charge in [0, 0.05) is 38.8 Å². The molecule has 2 aromatic carbocycles. The molecule has 1 saturated heterocycles. The molecule has 0 saturated carbocycles. The lowest BCUT2D eigenvalue weighted by molar-refractivity contribution is 0.249. The van der Waals surface area contributed by atoms with Gasteiger partial charge in [0.1, 0.15) is 29.5 Å². The smallest absolute Gasteiger partial charge is 0.224 e. The Kier molecular flexibility index (Phi) is 6.09. The van der Waals surface area contributed by atoms with Crippen molar-refractivity contribution in [1.29, 1.82) is 0 Å². The fourth-order valence-electron chi connectivity index (χ4n) is 3.52. The van der Waals surface area contributed by atoms with Crippen LogP contribution in [0.1, 0.15) is 11.1 Å². The summed E-state index contributed by atoms with van der Waals surface area (Å²) in [5.74, 6) is 2.47. The summed E-state index contributed by atoms with van der Waals surface area (Å²) in [5.41, 5.74) is 2.00. The number of rotatable bonds is 6. The van der Waals surface area contributed by atoms with Gasteiger partial charge in [0.25, 0.3) is 0 Å². The van der Waals surface area contributed by atoms with Crippen molar-refractivity contribution in [2.24, 2.45) is 0 Å². The molecular weight excluding hydrogens is 383 g/mol. The summed E-state index contributed by atoms with van der Waals surface area (Å²) < 4.78 is 24.4. The third-order valence-corrected chi connectivity index (χ3v) is 5.24. The summed E-state index contributed by atoms with van der Waals surface area (Å²) in [6.45, 7) is 6.37. The average molecular weight is 408 g/mol. The van der Waals surface area contributed by atoms with E-state index in [1.54, 1.807) is 13.2 Å². The number of hydrogen-bond acceptors (Lipinski definition) is 6. The molecule has 0 spiro atoms. The van der Waals surface area contributed by atoms with Gasteiger partial charge in [0.05, 0.1) is 7.11 Å². The van der Waals surface area contributed by atoms with E-state index in [2.05, 4.69) is 31.9 Å². The molecule has 0 aliphatic carbocycles. The summed E-state index contributed by atoms with van der Waals surface area (Å²) in [7, 11) is 1.68. The topological polar surface area (TPSA) is 50.7 Å². The van der Waals surface area contributed by atoms with Crippen molar-refractivity contribution in [3.63, 3.8) is 0 Å². The van der Waals surface area contributed by atoms with E-state index in [-0.39, 0.29) is 5.82 Å². The molecule has 1 fully saturated rings. The molecule has 0 amide bonds. The summed E-state index contributed by atoms with van der Waals surface area (Å²) in [5, 5.41) is 0. The first kappa shape index (κ1) is 20.1. The molecule has 0 bridgehead atoms. The van der Waals surface area contributed by atoms with Crippen molar-refractivity contribution < 1.29 is 13.9 Å². The molecule has 0 radical (unpaired) electrons. The number of aryl methyl sites for hydroxylation is 1. The van der Waals surface area contributed by atoms with Gasteiger partial charge in [-0.25, -0.2) is 14.4 Å². The largest absolute Gasteiger partial charge is 0.497 e. The first-order chi connectivity index (χ1) is 14.6. The maximum atomic E-state index is 13.3. The molecule has 156 valence electrons. The van der Waals surface area contributed by atoms with Crippen molar-refractivity contribution in [2.45, 2.75) is 13.5 Å². The van der Waals surface area contributed by atoms with Crippen molar-refractivity contribution in [3.8, 4) is 17.4 Å². The van der Waals surface area contributed by atoms with Gasteiger partial charge in [-0.15, -0.1) is 0 Å². The minimum absolute atomic E-state index is 0.282. The number of aromatic nitrogens is 2. The number of hydrogen-bond donors (Lipinski definition) is 0. The van der Waals surface area contributed by atoms with Crippen molar-refractivity contribution in [2.75, 3.05) is 38.2 Å². The van der Waals surface area contributed by atoms with Crippen LogP contribution in [0.2, 0.25) is 0 Å². The second-order valence-corrected chi connectivity index (χ2v) is 7.34. The zero-order chi connectivity index (χ0) is 20.9. The van der Waals surface area contributed by atoms with Gasteiger partial charge in [0.15, 0.2) is 0 Å². The summed E-state index contributed by atoms with van der Waals surface area (Å²) >= 11 is 0. The van der Waals surface area contributed by atoms with Crippen LogP contribution in [0.25, 0.3) is 0 Å². The van der Waals surface area contributed by atoms with E-state index in [0.717, 1.165) is 49.9 Å². The van der Waals surface area contributed by atoms with Crippen molar-refractivity contribution >= 4 is 5.82 Å². The third-order valence-electron chi connectivity index (χ3n) is 5.24. The quantitative estimate of drug-likeness (QED) is 0.613. The minimum atomic E-state index is -0.282. The molecule has 3 aromatic rings. The number of ether oxygens (including phenoxy) is 2. The van der Waals surface area contributed by atoms with Gasteiger partial charge in [-0.3, -0.25) is 4.90 Å². The third kappa shape index (κ3) is 4.86. The summed E-state index contributed by atoms with van der Waals surface area (Å²) in [6.07, 6.45) is 1.51. The van der Waals surface area contributed by atoms with E-state index in [1.165, 1.54) is 24.0 Å². The standard InChI is InChI=1S/C23H25FN4O2/c1-17-13-19(24)5-8-21(17)30-23-14-22(25-16-26-23)28-11-9-27(10-12-28)15-18-3-6-20(29-2)7-4-18/h3-8,13-14,16H,9-12,15H2,1-2H3. The lowest BCUT2D eigenvalue weighted by atomic mass is 10.2. The number of anilines is 1. The molecule has 1 aromatic heterocycles. The van der Waals surface area contributed by atoms with E-state index < -0.39 is 0 Å². The highest BCUT2D eigenvalue weighted by Gasteiger charge is 2.19. The Hall–Kier alpha value is -3.19. The highest BCUT2D eigenvalue weighted by molar-refractivity contribution is 5.43. The van der Waals surface area contributed by atoms with Crippen LogP contribution in [0, 0.1) is 12.7 Å². The maximum absolute atomic E-state index is 13.3. The Morgan fingerprint density at radius 2 is 1.73 bits per heavy atom. The number of halogens is 1. The number of benzene rings is 2. The number of methoxy groups -OCH3 is 1. The van der Waals surface area contributed by atoms with E-state index in [1.807, 2.05) is 25.1 Å². The Balaban J connectivity index is 1.35. The fourth-order valence-corrected chi connectivity index (χ4v) is 3.52. The van der Waals surface area contributed by atoms with Gasteiger partial charge in [-0.05, 0) is 48.4 Å². The highest BCUT2D eigenvalue weighted by Crippen LogP contribution is 2.26. The van der Waals surface area contributed by atoms with Gasteiger partial charge < -0.3 is 14.4 Å². The monoisotopic (exact) mass is 408 g/mol. The van der Waals surface area contributed by atoms with Crippen LogP contribution in [-0.2, 0) is 6.54 Å². The lowest BCUT2D eigenvalue weighted by Crippen LogP contribution is -2.46. The van der Waals surface area contributed by atoms with E-state index in [9.17, 15) is 4.39 Å². The van der Waals surface area contributed by atoms with Crippen molar-refractivity contribution in [1.82, 2.24) is 14.9 Å². The van der Waals surface area contributed by atoms with Crippen LogP contribution in [0.15, 0.2) is 54.9 Å². The van der Waals surface area contributed by atoms with Crippen LogP contribution in [0.5, 0.6) is 17.4 Å².